The van der Waals surface area contributed by atoms with Crippen LogP contribution in [-0.4, -0.2) is 36.9 Å². The minimum absolute atomic E-state index is 0.0188. The second-order valence-corrected chi connectivity index (χ2v) is 7.95. The molecule has 2 aromatic rings. The molecule has 122 valence electrons. The number of carbonyl (C=O) groups is 1. The third-order valence-corrected chi connectivity index (χ3v) is 5.76. The van der Waals surface area contributed by atoms with Crippen molar-refractivity contribution in [3.05, 3.63) is 48.0 Å². The number of hydrogen-bond donors (Lipinski definition) is 2. The lowest BCUT2D eigenvalue weighted by atomic mass is 10.0. The fraction of sp³-hybridized carbons (Fsp3) is 0.312. The van der Waals surface area contributed by atoms with Gasteiger partial charge in [0.1, 0.15) is 5.82 Å². The van der Waals surface area contributed by atoms with E-state index in [0.29, 0.717) is 29.5 Å². The van der Waals surface area contributed by atoms with E-state index in [-0.39, 0.29) is 29.3 Å². The first-order valence-corrected chi connectivity index (χ1v) is 9.21. The van der Waals surface area contributed by atoms with Crippen molar-refractivity contribution >= 4 is 15.7 Å². The van der Waals surface area contributed by atoms with Crippen molar-refractivity contribution in [3.8, 4) is 11.1 Å². The van der Waals surface area contributed by atoms with Crippen LogP contribution in [0.3, 0.4) is 0 Å². The topological polar surface area (TPSA) is 79.0 Å². The molecule has 0 bridgehead atoms. The Labute approximate surface area is 133 Å². The van der Waals surface area contributed by atoms with E-state index in [4.69, 9.17) is 0 Å². The smallest absolute Gasteiger partial charge is 0.253 e. The van der Waals surface area contributed by atoms with Gasteiger partial charge < -0.3 is 10.3 Å². The summed E-state index contributed by atoms with van der Waals surface area (Å²) >= 11 is 0. The Morgan fingerprint density at radius 3 is 2.65 bits per heavy atom. The second kappa shape index (κ2) is 6.16. The van der Waals surface area contributed by atoms with Gasteiger partial charge in [-0.15, -0.1) is 0 Å². The van der Waals surface area contributed by atoms with Crippen LogP contribution >= 0.6 is 0 Å². The van der Waals surface area contributed by atoms with Crippen molar-refractivity contribution in [2.45, 2.75) is 18.9 Å². The predicted octanol–water partition coefficient (Wildman–Crippen LogP) is 2.13. The van der Waals surface area contributed by atoms with Crippen molar-refractivity contribution in [3.63, 3.8) is 0 Å². The van der Waals surface area contributed by atoms with Crippen LogP contribution in [0.25, 0.3) is 11.1 Å². The van der Waals surface area contributed by atoms with Gasteiger partial charge in [-0.3, -0.25) is 4.79 Å². The number of hydrogen-bond acceptors (Lipinski definition) is 3. The van der Waals surface area contributed by atoms with E-state index in [2.05, 4.69) is 10.3 Å². The summed E-state index contributed by atoms with van der Waals surface area (Å²) in [5.41, 5.74) is 1.79. The molecule has 0 aliphatic carbocycles. The van der Waals surface area contributed by atoms with Gasteiger partial charge in [0.25, 0.3) is 5.91 Å². The maximum Gasteiger partial charge on any atom is 0.253 e. The van der Waals surface area contributed by atoms with Crippen LogP contribution in [0.2, 0.25) is 0 Å². The molecule has 1 aromatic carbocycles. The molecule has 7 heteroatoms. The Morgan fingerprint density at radius 1 is 1.22 bits per heavy atom. The number of halogens is 1. The van der Waals surface area contributed by atoms with Crippen LogP contribution in [0.1, 0.15) is 23.2 Å². The number of aromatic nitrogens is 1. The van der Waals surface area contributed by atoms with Crippen LogP contribution in [0.15, 0.2) is 36.7 Å². The second-order valence-electron chi connectivity index (χ2n) is 5.72. The Morgan fingerprint density at radius 2 is 1.96 bits per heavy atom. The highest BCUT2D eigenvalue weighted by Crippen LogP contribution is 2.24. The van der Waals surface area contributed by atoms with Crippen molar-refractivity contribution in [1.29, 1.82) is 0 Å². The zero-order valence-electron chi connectivity index (χ0n) is 12.4. The summed E-state index contributed by atoms with van der Waals surface area (Å²) in [7, 11) is -3.08. The fourth-order valence-electron chi connectivity index (χ4n) is 2.82. The molecule has 3 rings (SSSR count). The van der Waals surface area contributed by atoms with Crippen LogP contribution in [-0.2, 0) is 9.84 Å². The number of sulfone groups is 1. The van der Waals surface area contributed by atoms with Crippen LogP contribution < -0.4 is 5.32 Å². The van der Waals surface area contributed by atoms with Crippen LogP contribution in [0.4, 0.5) is 4.39 Å². The molecular weight excluding hydrogens is 319 g/mol. The average molecular weight is 336 g/mol. The standard InChI is InChI=1S/C16H17FN2O3S/c17-12-5-3-11(4-6-12)14-8-18-9-15(14)16(20)19-13-2-1-7-23(21,22)10-13/h3-6,8-9,13,18H,1-2,7,10H2,(H,19,20). The minimum Gasteiger partial charge on any atom is -0.366 e. The molecule has 1 saturated heterocycles. The molecule has 0 radical (unpaired) electrons. The van der Waals surface area contributed by atoms with Crippen LogP contribution in [0, 0.1) is 5.82 Å². The lowest BCUT2D eigenvalue weighted by molar-refractivity contribution is 0.0939. The van der Waals surface area contributed by atoms with E-state index in [1.165, 1.54) is 12.1 Å². The molecule has 1 aliphatic heterocycles. The molecule has 1 aliphatic rings. The summed E-state index contributed by atoms with van der Waals surface area (Å²) in [6, 6.07) is 5.49. The number of H-pyrrole nitrogens is 1. The zero-order chi connectivity index (χ0) is 16.4. The third-order valence-electron chi connectivity index (χ3n) is 3.94. The maximum atomic E-state index is 13.0. The molecule has 23 heavy (non-hydrogen) atoms. The van der Waals surface area contributed by atoms with Gasteiger partial charge in [0.15, 0.2) is 9.84 Å². The number of aromatic amines is 1. The number of nitrogens with one attached hydrogen (secondary N) is 2. The minimum atomic E-state index is -3.08. The molecule has 1 fully saturated rings. The number of amides is 1. The van der Waals surface area contributed by atoms with Crippen molar-refractivity contribution in [1.82, 2.24) is 10.3 Å². The molecule has 1 unspecified atom stereocenters. The normalized spacial score (nSPS) is 20.1. The van der Waals surface area contributed by atoms with E-state index in [9.17, 15) is 17.6 Å². The number of carbonyl (C=O) groups excluding carboxylic acids is 1. The first kappa shape index (κ1) is 15.7. The summed E-state index contributed by atoms with van der Waals surface area (Å²) in [6.07, 6.45) is 4.44. The first-order chi connectivity index (χ1) is 10.9. The van der Waals surface area contributed by atoms with Crippen molar-refractivity contribution in [2.75, 3.05) is 11.5 Å². The van der Waals surface area contributed by atoms with E-state index < -0.39 is 9.84 Å². The molecule has 0 saturated carbocycles. The van der Waals surface area contributed by atoms with E-state index in [1.807, 2.05) is 0 Å². The highest BCUT2D eigenvalue weighted by molar-refractivity contribution is 7.91. The lowest BCUT2D eigenvalue weighted by Gasteiger charge is -2.23. The van der Waals surface area contributed by atoms with Gasteiger partial charge in [0, 0.05) is 24.0 Å². The third kappa shape index (κ3) is 3.61. The zero-order valence-corrected chi connectivity index (χ0v) is 13.2. The summed E-state index contributed by atoms with van der Waals surface area (Å²) in [5.74, 6) is -0.505. The van der Waals surface area contributed by atoms with Gasteiger partial charge in [-0.1, -0.05) is 12.1 Å². The number of rotatable bonds is 3. The maximum absolute atomic E-state index is 13.0. The summed E-state index contributed by atoms with van der Waals surface area (Å²) in [4.78, 5) is 15.3. The lowest BCUT2D eigenvalue weighted by Crippen LogP contribution is -2.43. The molecule has 1 amide bonds. The Balaban J connectivity index is 1.78. The Hall–Kier alpha value is -2.15. The highest BCUT2D eigenvalue weighted by atomic mass is 32.2. The van der Waals surface area contributed by atoms with Gasteiger partial charge >= 0.3 is 0 Å². The van der Waals surface area contributed by atoms with Gasteiger partial charge in [-0.2, -0.15) is 0 Å². The monoisotopic (exact) mass is 336 g/mol. The van der Waals surface area contributed by atoms with Gasteiger partial charge in [-0.25, -0.2) is 12.8 Å². The summed E-state index contributed by atoms with van der Waals surface area (Å²) in [5, 5.41) is 2.79. The van der Waals surface area contributed by atoms with Gasteiger partial charge in [0.2, 0.25) is 0 Å². The predicted molar refractivity (Wildman–Crippen MR) is 85.3 cm³/mol. The molecule has 1 atom stereocenters. The average Bonchev–Trinajstić information content (AvgIpc) is 2.96. The van der Waals surface area contributed by atoms with Gasteiger partial charge in [0.05, 0.1) is 17.1 Å². The molecule has 5 nitrogen and oxygen atoms in total. The van der Waals surface area contributed by atoms with E-state index >= 15 is 0 Å². The Kier molecular flexibility index (Phi) is 4.21. The molecule has 0 spiro atoms. The van der Waals surface area contributed by atoms with Gasteiger partial charge in [-0.05, 0) is 30.5 Å². The Bertz CT molecular complexity index is 812. The molecular formula is C16H17FN2O3S. The SMILES string of the molecule is O=C(NC1CCCS(=O)(=O)C1)c1c[nH]cc1-c1ccc(F)cc1. The largest absolute Gasteiger partial charge is 0.366 e. The quantitative estimate of drug-likeness (QED) is 0.901. The summed E-state index contributed by atoms with van der Waals surface area (Å²) < 4.78 is 36.3. The van der Waals surface area contributed by atoms with Crippen LogP contribution in [0.5, 0.6) is 0 Å². The first-order valence-electron chi connectivity index (χ1n) is 7.39. The number of benzene rings is 1. The molecule has 1 aromatic heterocycles. The highest BCUT2D eigenvalue weighted by Gasteiger charge is 2.27. The summed E-state index contributed by atoms with van der Waals surface area (Å²) in [6.45, 7) is 0. The molecule has 2 N–H and O–H groups in total. The van der Waals surface area contributed by atoms with E-state index in [0.717, 1.165) is 0 Å². The van der Waals surface area contributed by atoms with Crippen molar-refractivity contribution in [2.24, 2.45) is 0 Å². The fourth-order valence-corrected chi connectivity index (χ4v) is 4.46. The van der Waals surface area contributed by atoms with E-state index in [1.54, 1.807) is 24.5 Å². The molecule has 2 heterocycles. The van der Waals surface area contributed by atoms with Crippen molar-refractivity contribution < 1.29 is 17.6 Å².